The Balaban J connectivity index is 1.46. The van der Waals surface area contributed by atoms with Crippen LogP contribution in [0.4, 0.5) is 0 Å². The first-order valence-corrected chi connectivity index (χ1v) is 11.0. The fourth-order valence-electron chi connectivity index (χ4n) is 3.54. The second kappa shape index (κ2) is 9.30. The Morgan fingerprint density at radius 1 is 1.16 bits per heavy atom. The van der Waals surface area contributed by atoms with Gasteiger partial charge in [-0.15, -0.1) is 0 Å². The lowest BCUT2D eigenvalue weighted by Crippen LogP contribution is -2.31. The average molecular weight is 434 g/mol. The summed E-state index contributed by atoms with van der Waals surface area (Å²) in [6.45, 7) is 7.30. The van der Waals surface area contributed by atoms with E-state index in [2.05, 4.69) is 20.4 Å². The Morgan fingerprint density at radius 2 is 1.88 bits per heavy atom. The molecule has 1 fully saturated rings. The fraction of sp³-hybridized carbons (Fsp3) is 0.375. The van der Waals surface area contributed by atoms with E-state index in [1.165, 1.54) is 0 Å². The third-order valence-corrected chi connectivity index (χ3v) is 5.61. The molecule has 1 aliphatic rings. The summed E-state index contributed by atoms with van der Waals surface area (Å²) in [6.07, 6.45) is 3.79. The molecule has 32 heavy (non-hydrogen) atoms. The lowest BCUT2D eigenvalue weighted by Gasteiger charge is -2.20. The minimum Gasteiger partial charge on any atom is -0.360 e. The zero-order valence-corrected chi connectivity index (χ0v) is 18.6. The number of carbonyl (C=O) groups excluding carboxylic acids is 2. The molecule has 2 aromatic heterocycles. The van der Waals surface area contributed by atoms with Gasteiger partial charge in [0.15, 0.2) is 5.69 Å². The van der Waals surface area contributed by atoms with E-state index in [9.17, 15) is 9.59 Å². The molecule has 8 heteroatoms. The summed E-state index contributed by atoms with van der Waals surface area (Å²) in [4.78, 5) is 35.8. The van der Waals surface area contributed by atoms with Gasteiger partial charge in [-0.2, -0.15) is 0 Å². The highest BCUT2D eigenvalue weighted by atomic mass is 16.5. The number of nitrogens with one attached hydrogen (secondary N) is 1. The van der Waals surface area contributed by atoms with Crippen LogP contribution < -0.4 is 5.32 Å². The fourth-order valence-corrected chi connectivity index (χ4v) is 3.54. The summed E-state index contributed by atoms with van der Waals surface area (Å²) in [7, 11) is 0. The van der Waals surface area contributed by atoms with Gasteiger partial charge in [-0.05, 0) is 39.2 Å². The normalized spacial score (nSPS) is 13.1. The first kappa shape index (κ1) is 21.7. The van der Waals surface area contributed by atoms with Crippen LogP contribution in [0.5, 0.6) is 0 Å². The lowest BCUT2D eigenvalue weighted by atomic mass is 10.0. The Labute approximate surface area is 187 Å². The van der Waals surface area contributed by atoms with Crippen molar-refractivity contribution in [3.05, 3.63) is 64.9 Å². The van der Waals surface area contributed by atoms with Gasteiger partial charge in [0, 0.05) is 43.4 Å². The van der Waals surface area contributed by atoms with Crippen molar-refractivity contribution in [3.8, 4) is 11.3 Å². The van der Waals surface area contributed by atoms with Gasteiger partial charge < -0.3 is 14.7 Å². The van der Waals surface area contributed by atoms with Crippen LogP contribution in [-0.4, -0.2) is 44.9 Å². The molecule has 0 unspecified atom stereocenters. The molecular weight excluding hydrogens is 406 g/mol. The molecule has 1 aliphatic carbocycles. The molecule has 2 heterocycles. The molecule has 0 bridgehead atoms. The summed E-state index contributed by atoms with van der Waals surface area (Å²) in [5.74, 6) is 1.46. The van der Waals surface area contributed by atoms with E-state index < -0.39 is 0 Å². The van der Waals surface area contributed by atoms with Gasteiger partial charge in [-0.25, -0.2) is 9.97 Å². The number of benzene rings is 1. The summed E-state index contributed by atoms with van der Waals surface area (Å²) in [5.41, 5.74) is 3.15. The van der Waals surface area contributed by atoms with E-state index in [1.54, 1.807) is 24.1 Å². The molecular formula is C24H27N5O3. The quantitative estimate of drug-likeness (QED) is 0.581. The Hall–Kier alpha value is -3.55. The summed E-state index contributed by atoms with van der Waals surface area (Å²) < 4.78 is 5.25. The smallest absolute Gasteiger partial charge is 0.273 e. The number of hydrogen-bond donors (Lipinski definition) is 1. The molecule has 0 radical (unpaired) electrons. The molecule has 1 saturated carbocycles. The van der Waals surface area contributed by atoms with Crippen molar-refractivity contribution in [2.75, 3.05) is 13.1 Å². The molecule has 4 rings (SSSR count). The summed E-state index contributed by atoms with van der Waals surface area (Å²) >= 11 is 0. The van der Waals surface area contributed by atoms with Crippen molar-refractivity contribution in [1.82, 2.24) is 25.3 Å². The minimum atomic E-state index is -0.261. The maximum atomic E-state index is 12.9. The van der Waals surface area contributed by atoms with Crippen molar-refractivity contribution < 1.29 is 14.1 Å². The SMILES string of the molecule is CCN(CC)C(=O)c1cnc(C)nc1-c1ccc(CNC(=O)c2cc(C3CC3)on2)cc1. The highest BCUT2D eigenvalue weighted by Crippen LogP contribution is 2.40. The third-order valence-electron chi connectivity index (χ3n) is 5.61. The largest absolute Gasteiger partial charge is 0.360 e. The summed E-state index contributed by atoms with van der Waals surface area (Å²) in [5, 5.41) is 6.74. The van der Waals surface area contributed by atoms with Gasteiger partial charge in [-0.1, -0.05) is 29.4 Å². The highest BCUT2D eigenvalue weighted by Gasteiger charge is 2.28. The predicted octanol–water partition coefficient (Wildman–Crippen LogP) is 3.73. The van der Waals surface area contributed by atoms with Gasteiger partial charge in [-0.3, -0.25) is 9.59 Å². The molecule has 1 N–H and O–H groups in total. The first-order chi connectivity index (χ1) is 15.5. The molecule has 166 valence electrons. The lowest BCUT2D eigenvalue weighted by molar-refractivity contribution is 0.0772. The van der Waals surface area contributed by atoms with E-state index in [1.807, 2.05) is 38.1 Å². The van der Waals surface area contributed by atoms with Gasteiger partial charge >= 0.3 is 0 Å². The van der Waals surface area contributed by atoms with Crippen LogP contribution in [0.2, 0.25) is 0 Å². The second-order valence-corrected chi connectivity index (χ2v) is 7.93. The van der Waals surface area contributed by atoms with Crippen LogP contribution in [0.3, 0.4) is 0 Å². The topological polar surface area (TPSA) is 101 Å². The molecule has 0 spiro atoms. The van der Waals surface area contributed by atoms with Crippen LogP contribution in [-0.2, 0) is 6.54 Å². The average Bonchev–Trinajstić information content (AvgIpc) is 3.54. The number of aromatic nitrogens is 3. The minimum absolute atomic E-state index is 0.0838. The van der Waals surface area contributed by atoms with Crippen LogP contribution in [0.1, 0.15) is 70.6 Å². The molecule has 2 amide bonds. The predicted molar refractivity (Wildman–Crippen MR) is 119 cm³/mol. The molecule has 3 aromatic rings. The number of rotatable bonds is 8. The second-order valence-electron chi connectivity index (χ2n) is 7.93. The van der Waals surface area contributed by atoms with Gasteiger partial charge in [0.25, 0.3) is 11.8 Å². The van der Waals surface area contributed by atoms with Crippen LogP contribution in [0, 0.1) is 6.92 Å². The summed E-state index contributed by atoms with van der Waals surface area (Å²) in [6, 6.07) is 9.36. The van der Waals surface area contributed by atoms with Crippen molar-refractivity contribution >= 4 is 11.8 Å². The zero-order chi connectivity index (χ0) is 22.7. The van der Waals surface area contributed by atoms with E-state index in [4.69, 9.17) is 4.52 Å². The van der Waals surface area contributed by atoms with Crippen LogP contribution in [0.25, 0.3) is 11.3 Å². The molecule has 0 atom stereocenters. The molecule has 0 saturated heterocycles. The maximum absolute atomic E-state index is 12.9. The van der Waals surface area contributed by atoms with E-state index in [0.717, 1.165) is 29.7 Å². The number of carbonyl (C=O) groups is 2. The van der Waals surface area contributed by atoms with Gasteiger partial charge in [0.2, 0.25) is 0 Å². The molecule has 8 nitrogen and oxygen atoms in total. The van der Waals surface area contributed by atoms with Crippen molar-refractivity contribution in [3.63, 3.8) is 0 Å². The Bertz CT molecular complexity index is 1110. The number of amides is 2. The number of nitrogens with zero attached hydrogens (tertiary/aromatic N) is 4. The van der Waals surface area contributed by atoms with Crippen molar-refractivity contribution in [2.24, 2.45) is 0 Å². The Kier molecular flexibility index (Phi) is 6.30. The molecule has 0 aliphatic heterocycles. The van der Waals surface area contributed by atoms with Crippen molar-refractivity contribution in [1.29, 1.82) is 0 Å². The van der Waals surface area contributed by atoms with Gasteiger partial charge in [0.1, 0.15) is 11.6 Å². The van der Waals surface area contributed by atoms with Crippen molar-refractivity contribution in [2.45, 2.75) is 46.1 Å². The zero-order valence-electron chi connectivity index (χ0n) is 18.6. The van der Waals surface area contributed by atoms with Gasteiger partial charge in [0.05, 0.1) is 11.3 Å². The number of aryl methyl sites for hydroxylation is 1. The van der Waals surface area contributed by atoms with E-state index in [-0.39, 0.29) is 11.8 Å². The van der Waals surface area contributed by atoms with Crippen LogP contribution >= 0.6 is 0 Å². The van der Waals surface area contributed by atoms with Crippen LogP contribution in [0.15, 0.2) is 41.1 Å². The standard InChI is InChI=1S/C24H27N5O3/c1-4-29(5-2)24(31)19-14-25-15(3)27-22(19)18-8-6-16(7-9-18)13-26-23(30)20-12-21(32-28-20)17-10-11-17/h6-9,12,14,17H,4-5,10-11,13H2,1-3H3,(H,26,30). The maximum Gasteiger partial charge on any atom is 0.273 e. The molecule has 1 aromatic carbocycles. The Morgan fingerprint density at radius 3 is 2.53 bits per heavy atom. The third kappa shape index (κ3) is 4.69. The highest BCUT2D eigenvalue weighted by molar-refractivity contribution is 5.99. The first-order valence-electron chi connectivity index (χ1n) is 11.0. The number of hydrogen-bond acceptors (Lipinski definition) is 6. The van der Waals surface area contributed by atoms with E-state index >= 15 is 0 Å². The monoisotopic (exact) mass is 433 g/mol. The van der Waals surface area contributed by atoms with E-state index in [0.29, 0.717) is 48.3 Å².